The Kier molecular flexibility index (Phi) is 4.17. The van der Waals surface area contributed by atoms with Gasteiger partial charge in [-0.25, -0.2) is 15.0 Å². The first-order valence-corrected chi connectivity index (χ1v) is 8.34. The lowest BCUT2D eigenvalue weighted by molar-refractivity contribution is -0.00536. The van der Waals surface area contributed by atoms with Crippen LogP contribution in [0.3, 0.4) is 0 Å². The maximum Gasteiger partial charge on any atom is 0.208 e. The Hall–Kier alpha value is -2.40. The maximum atomic E-state index is 10.3. The Morgan fingerprint density at radius 3 is 2.96 bits per heavy atom. The van der Waals surface area contributed by atoms with E-state index in [1.165, 1.54) is 0 Å². The van der Waals surface area contributed by atoms with E-state index in [4.69, 9.17) is 20.8 Å². The van der Waals surface area contributed by atoms with E-state index < -0.39 is 12.3 Å². The van der Waals surface area contributed by atoms with Crippen molar-refractivity contribution in [2.75, 3.05) is 6.61 Å². The van der Waals surface area contributed by atoms with Gasteiger partial charge in [-0.1, -0.05) is 24.4 Å². The zero-order chi connectivity index (χ0) is 17.4. The van der Waals surface area contributed by atoms with Crippen LogP contribution in [0.2, 0.25) is 5.15 Å². The molecule has 1 saturated heterocycles. The van der Waals surface area contributed by atoms with Crippen LogP contribution < -0.4 is 0 Å². The van der Waals surface area contributed by atoms with E-state index in [2.05, 4.69) is 26.8 Å². The number of hydrogen-bond acceptors (Lipinski definition) is 6. The minimum Gasteiger partial charge on any atom is -0.461 e. The van der Waals surface area contributed by atoms with Crippen LogP contribution in [-0.2, 0) is 4.74 Å². The highest BCUT2D eigenvalue weighted by molar-refractivity contribution is 6.33. The van der Waals surface area contributed by atoms with Gasteiger partial charge in [0.1, 0.15) is 11.6 Å². The van der Waals surface area contributed by atoms with E-state index in [-0.39, 0.29) is 5.15 Å². The molecule has 1 N–H and O–H groups in total. The fraction of sp³-hybridized carbons (Fsp3) is 0.353. The molecule has 128 valence electrons. The zero-order valence-electron chi connectivity index (χ0n) is 13.4. The van der Waals surface area contributed by atoms with Crippen molar-refractivity contribution in [3.05, 3.63) is 29.4 Å². The van der Waals surface area contributed by atoms with Gasteiger partial charge in [0.05, 0.1) is 12.9 Å². The molecule has 3 aromatic rings. The van der Waals surface area contributed by atoms with Crippen molar-refractivity contribution in [1.29, 1.82) is 0 Å². The Morgan fingerprint density at radius 2 is 2.28 bits per heavy atom. The molecule has 1 aliphatic heterocycles. The molecule has 0 radical (unpaired) electrons. The minimum atomic E-state index is -0.676. The monoisotopic (exact) mass is 358 g/mol. The number of imidazole rings is 1. The molecule has 0 aliphatic carbocycles. The highest BCUT2D eigenvalue weighted by atomic mass is 35.5. The van der Waals surface area contributed by atoms with Crippen molar-refractivity contribution in [2.45, 2.75) is 32.1 Å². The van der Waals surface area contributed by atoms with Crippen LogP contribution in [0, 0.1) is 11.8 Å². The van der Waals surface area contributed by atoms with Crippen molar-refractivity contribution < 1.29 is 14.3 Å². The summed E-state index contributed by atoms with van der Waals surface area (Å²) in [7, 11) is 0. The van der Waals surface area contributed by atoms with E-state index in [9.17, 15) is 5.11 Å². The maximum absolute atomic E-state index is 10.3. The smallest absolute Gasteiger partial charge is 0.208 e. The van der Waals surface area contributed by atoms with Gasteiger partial charge in [0.15, 0.2) is 28.6 Å². The molecule has 0 aromatic carbocycles. The van der Waals surface area contributed by atoms with E-state index in [1.807, 2.05) is 6.92 Å². The van der Waals surface area contributed by atoms with Crippen LogP contribution in [0.1, 0.15) is 31.8 Å². The van der Waals surface area contributed by atoms with Crippen molar-refractivity contribution >= 4 is 22.8 Å². The van der Waals surface area contributed by atoms with E-state index in [0.717, 1.165) is 0 Å². The van der Waals surface area contributed by atoms with Gasteiger partial charge in [0.2, 0.25) is 5.82 Å². The molecule has 8 heteroatoms. The first-order chi connectivity index (χ1) is 12.2. The molecule has 2 atom stereocenters. The first kappa shape index (κ1) is 16.1. The van der Waals surface area contributed by atoms with Crippen LogP contribution in [0.15, 0.2) is 22.8 Å². The Labute approximate surface area is 148 Å². The van der Waals surface area contributed by atoms with Gasteiger partial charge < -0.3 is 14.3 Å². The summed E-state index contributed by atoms with van der Waals surface area (Å²) in [5.41, 5.74) is 0.871. The number of ether oxygens (including phenoxy) is 1. The quantitative estimate of drug-likeness (QED) is 0.560. The number of rotatable bonds is 2. The third-order valence-corrected chi connectivity index (χ3v) is 4.17. The first-order valence-electron chi connectivity index (χ1n) is 7.97. The van der Waals surface area contributed by atoms with Crippen molar-refractivity contribution in [1.82, 2.24) is 19.5 Å². The van der Waals surface area contributed by atoms with Crippen LogP contribution >= 0.6 is 11.6 Å². The summed E-state index contributed by atoms with van der Waals surface area (Å²) in [6, 6.07) is 3.54. The molecule has 0 unspecified atom stereocenters. The third kappa shape index (κ3) is 2.78. The van der Waals surface area contributed by atoms with E-state index >= 15 is 0 Å². The van der Waals surface area contributed by atoms with Gasteiger partial charge in [0.25, 0.3) is 0 Å². The molecule has 4 rings (SSSR count). The molecule has 0 amide bonds. The summed E-state index contributed by atoms with van der Waals surface area (Å²) in [6.45, 7) is 2.39. The summed E-state index contributed by atoms with van der Waals surface area (Å²) >= 11 is 6.30. The number of nitrogens with zero attached hydrogens (tertiary/aromatic N) is 4. The van der Waals surface area contributed by atoms with Gasteiger partial charge in [-0.3, -0.25) is 4.57 Å². The normalized spacial score (nSPS) is 20.0. The van der Waals surface area contributed by atoms with Crippen molar-refractivity contribution in [3.63, 3.8) is 0 Å². The molecule has 7 nitrogen and oxygen atoms in total. The van der Waals surface area contributed by atoms with Gasteiger partial charge in [-0.2, -0.15) is 0 Å². The fourth-order valence-corrected chi connectivity index (χ4v) is 3.00. The molecule has 0 spiro atoms. The Balaban J connectivity index is 1.99. The summed E-state index contributed by atoms with van der Waals surface area (Å²) < 4.78 is 12.9. The summed E-state index contributed by atoms with van der Waals surface area (Å²) in [4.78, 5) is 13.2. The predicted octanol–water partition coefficient (Wildman–Crippen LogP) is 2.78. The largest absolute Gasteiger partial charge is 0.461 e. The second-order valence-corrected chi connectivity index (χ2v) is 5.92. The summed E-state index contributed by atoms with van der Waals surface area (Å²) in [6.07, 6.45) is 1.47. The molecule has 4 heterocycles. The number of fused-ring (bicyclic) bond motifs is 1. The van der Waals surface area contributed by atoms with Gasteiger partial charge in [-0.05, 0) is 18.1 Å². The number of halogens is 1. The van der Waals surface area contributed by atoms with E-state index in [0.29, 0.717) is 48.0 Å². The number of hydrogen-bond donors (Lipinski definition) is 1. The van der Waals surface area contributed by atoms with Crippen LogP contribution in [0.25, 0.3) is 22.7 Å². The second-order valence-electron chi connectivity index (χ2n) is 5.57. The second kappa shape index (κ2) is 6.48. The Morgan fingerprint density at radius 1 is 1.40 bits per heavy atom. The highest BCUT2D eigenvalue weighted by Crippen LogP contribution is 2.34. The Bertz CT molecular complexity index is 971. The molecule has 0 bridgehead atoms. The van der Waals surface area contributed by atoms with Crippen molar-refractivity contribution in [2.24, 2.45) is 0 Å². The molecule has 1 fully saturated rings. The SMILES string of the molecule is CCC#Cc1nc(Cl)c2nc(-c3ccco3)n([C@@H]3OCC[C@H]3O)c2n1. The summed E-state index contributed by atoms with van der Waals surface area (Å²) in [5.74, 6) is 7.11. The van der Waals surface area contributed by atoms with Gasteiger partial charge in [0, 0.05) is 12.8 Å². The van der Waals surface area contributed by atoms with E-state index in [1.54, 1.807) is 23.0 Å². The van der Waals surface area contributed by atoms with Crippen LogP contribution in [0.4, 0.5) is 0 Å². The predicted molar refractivity (Wildman–Crippen MR) is 90.8 cm³/mol. The molecule has 3 aromatic heterocycles. The minimum absolute atomic E-state index is 0.199. The number of aliphatic hydroxyl groups is 1. The lowest BCUT2D eigenvalue weighted by Gasteiger charge is -2.18. The molecule has 25 heavy (non-hydrogen) atoms. The summed E-state index contributed by atoms with van der Waals surface area (Å²) in [5, 5.41) is 10.5. The lowest BCUT2D eigenvalue weighted by atomic mass is 10.2. The van der Waals surface area contributed by atoms with Crippen LogP contribution in [-0.4, -0.2) is 37.3 Å². The zero-order valence-corrected chi connectivity index (χ0v) is 14.2. The topological polar surface area (TPSA) is 86.2 Å². The molecular formula is C17H15ClN4O3. The highest BCUT2D eigenvalue weighted by Gasteiger charge is 2.33. The van der Waals surface area contributed by atoms with Crippen LogP contribution in [0.5, 0.6) is 0 Å². The molecule has 1 aliphatic rings. The number of aliphatic hydroxyl groups excluding tert-OH is 1. The fourth-order valence-electron chi connectivity index (χ4n) is 2.79. The molecular weight excluding hydrogens is 344 g/mol. The third-order valence-electron chi connectivity index (χ3n) is 3.90. The van der Waals surface area contributed by atoms with Gasteiger partial charge >= 0.3 is 0 Å². The lowest BCUT2D eigenvalue weighted by Crippen LogP contribution is -2.20. The number of aromatic nitrogens is 4. The van der Waals surface area contributed by atoms with Gasteiger partial charge in [-0.15, -0.1) is 0 Å². The average Bonchev–Trinajstić information content (AvgIpc) is 3.31. The average molecular weight is 359 g/mol. The standard InChI is InChI=1S/C17H15ClN4O3/c1-2-3-6-12-19-14(18)13-16(20-12)22(17-10(23)7-9-25-17)15(21-13)11-5-4-8-24-11/h4-5,8,10,17,23H,2,7,9H2,1H3/t10-,17-/m1/s1. The number of furan rings is 1. The molecule has 0 saturated carbocycles. The van der Waals surface area contributed by atoms with Crippen molar-refractivity contribution in [3.8, 4) is 23.4 Å².